The molecule has 0 radical (unpaired) electrons. The third-order valence-corrected chi connectivity index (χ3v) is 9.94. The molecule has 1 aliphatic carbocycles. The lowest BCUT2D eigenvalue weighted by Gasteiger charge is -2.41. The van der Waals surface area contributed by atoms with E-state index in [1.165, 1.54) is 0 Å². The lowest BCUT2D eigenvalue weighted by molar-refractivity contribution is 0.0985. The highest BCUT2D eigenvalue weighted by atomic mass is 32.3. The molecule has 12 heteroatoms. The molecule has 0 bridgehead atoms. The molecular weight excluding hydrogens is 508 g/mol. The maximum atomic E-state index is 11.9. The van der Waals surface area contributed by atoms with Gasteiger partial charge in [0.2, 0.25) is 0 Å². The van der Waals surface area contributed by atoms with Crippen LogP contribution in [0.2, 0.25) is 0 Å². The molecule has 0 spiro atoms. The first kappa shape index (κ1) is 26.4. The highest BCUT2D eigenvalue weighted by Gasteiger charge is 2.59. The van der Waals surface area contributed by atoms with Crippen LogP contribution >= 0.6 is 10.6 Å². The zero-order valence-electron chi connectivity index (χ0n) is 22.0. The third kappa shape index (κ3) is 4.73. The number of carbonyl (C=O) groups excluding carboxylic acids is 1. The summed E-state index contributed by atoms with van der Waals surface area (Å²) >= 11 is 0. The van der Waals surface area contributed by atoms with Crippen LogP contribution in [0.25, 0.3) is 11.4 Å². The normalized spacial score (nSPS) is 19.2. The Balaban J connectivity index is 1.57. The van der Waals surface area contributed by atoms with Gasteiger partial charge in [-0.15, -0.1) is 0 Å². The first-order valence-corrected chi connectivity index (χ1v) is 14.3. The highest BCUT2D eigenvalue weighted by Crippen LogP contribution is 2.76. The number of hydrogen-bond acceptors (Lipinski definition) is 9. The van der Waals surface area contributed by atoms with E-state index in [0.29, 0.717) is 78.5 Å². The number of rotatable bonds is 7. The summed E-state index contributed by atoms with van der Waals surface area (Å²) < 4.78 is 33.3. The molecule has 11 nitrogen and oxygen atoms in total. The molecule has 1 atom stereocenters. The largest absolute Gasteiger partial charge is 0.377 e. The Hall–Kier alpha value is -3.19. The molecule has 4 N–H and O–H groups in total. The molecule has 204 valence electrons. The van der Waals surface area contributed by atoms with E-state index in [1.54, 1.807) is 26.0 Å². The number of aryl methyl sites for hydroxylation is 2. The predicted molar refractivity (Wildman–Crippen MR) is 146 cm³/mol. The van der Waals surface area contributed by atoms with Gasteiger partial charge in [-0.1, -0.05) is 5.16 Å². The van der Waals surface area contributed by atoms with Crippen LogP contribution in [0.1, 0.15) is 43.8 Å². The van der Waals surface area contributed by atoms with Crippen LogP contribution in [0.3, 0.4) is 0 Å². The maximum Gasteiger partial charge on any atom is 0.319 e. The van der Waals surface area contributed by atoms with Crippen molar-refractivity contribution >= 4 is 28.1 Å². The van der Waals surface area contributed by atoms with Crippen molar-refractivity contribution in [2.45, 2.75) is 56.2 Å². The van der Waals surface area contributed by atoms with E-state index in [1.807, 2.05) is 25.1 Å². The molecule has 0 unspecified atom stereocenters. The van der Waals surface area contributed by atoms with Gasteiger partial charge in [0, 0.05) is 30.4 Å². The fourth-order valence-electron chi connectivity index (χ4n) is 4.93. The second kappa shape index (κ2) is 10.2. The van der Waals surface area contributed by atoms with Crippen molar-refractivity contribution in [3.63, 3.8) is 0 Å². The van der Waals surface area contributed by atoms with Gasteiger partial charge in [-0.3, -0.25) is 9.11 Å². The summed E-state index contributed by atoms with van der Waals surface area (Å²) in [5.74, 6) is 1.59. The van der Waals surface area contributed by atoms with Crippen LogP contribution in [0.4, 0.5) is 16.3 Å². The molecule has 1 saturated carbocycles. The van der Waals surface area contributed by atoms with Crippen molar-refractivity contribution < 1.29 is 23.2 Å². The zero-order chi connectivity index (χ0) is 27.1. The van der Waals surface area contributed by atoms with Gasteiger partial charge in [0.25, 0.3) is 0 Å². The van der Waals surface area contributed by atoms with Crippen molar-refractivity contribution in [1.82, 2.24) is 20.4 Å². The molecule has 2 aromatic heterocycles. The van der Waals surface area contributed by atoms with Gasteiger partial charge in [-0.2, -0.15) is 10.6 Å². The first-order valence-electron chi connectivity index (χ1n) is 12.8. The molecule has 1 aromatic carbocycles. The average molecular weight is 543 g/mol. The lowest BCUT2D eigenvalue weighted by atomic mass is 10.1. The summed E-state index contributed by atoms with van der Waals surface area (Å²) in [6, 6.07) is 8.99. The number of nitrogens with one attached hydrogen (secondary N) is 2. The van der Waals surface area contributed by atoms with Crippen LogP contribution in [-0.4, -0.2) is 62.6 Å². The lowest BCUT2D eigenvalue weighted by Crippen LogP contribution is -2.44. The van der Waals surface area contributed by atoms with E-state index in [9.17, 15) is 13.9 Å². The van der Waals surface area contributed by atoms with Crippen molar-refractivity contribution in [3.8, 4) is 11.4 Å². The summed E-state index contributed by atoms with van der Waals surface area (Å²) in [6.07, 6.45) is 1.15. The number of benzene rings is 1. The molecule has 3 aromatic rings. The van der Waals surface area contributed by atoms with Gasteiger partial charge in [0.1, 0.15) is 21.2 Å². The molecule has 2 amide bonds. The number of morpholine rings is 1. The van der Waals surface area contributed by atoms with E-state index >= 15 is 0 Å². The van der Waals surface area contributed by atoms with E-state index in [4.69, 9.17) is 19.2 Å². The van der Waals surface area contributed by atoms with Crippen LogP contribution in [-0.2, 0) is 9.48 Å². The molecular formula is C26H34N6O5S. The summed E-state index contributed by atoms with van der Waals surface area (Å²) in [7, 11) is -3.33. The minimum Gasteiger partial charge on any atom is -0.377 e. The molecule has 5 rings (SSSR count). The van der Waals surface area contributed by atoms with Gasteiger partial charge in [0.15, 0.2) is 11.6 Å². The quantitative estimate of drug-likeness (QED) is 0.327. The summed E-state index contributed by atoms with van der Waals surface area (Å²) in [5.41, 5.74) is 2.45. The Bertz CT molecular complexity index is 1300. The van der Waals surface area contributed by atoms with Gasteiger partial charge < -0.3 is 24.8 Å². The smallest absolute Gasteiger partial charge is 0.319 e. The Labute approximate surface area is 223 Å². The van der Waals surface area contributed by atoms with Crippen molar-refractivity contribution in [2.75, 3.05) is 36.5 Å². The fraction of sp³-hybridized carbons (Fsp3) is 0.462. The first-order chi connectivity index (χ1) is 18.2. The Kier molecular flexibility index (Phi) is 7.07. The third-order valence-electron chi connectivity index (χ3n) is 7.08. The van der Waals surface area contributed by atoms with Gasteiger partial charge in [0.05, 0.1) is 24.9 Å². The van der Waals surface area contributed by atoms with Gasteiger partial charge >= 0.3 is 6.03 Å². The monoisotopic (exact) mass is 542 g/mol. The second-order valence-corrected chi connectivity index (χ2v) is 12.1. The van der Waals surface area contributed by atoms with Crippen LogP contribution in [0.5, 0.6) is 0 Å². The Morgan fingerprint density at radius 3 is 2.55 bits per heavy atom. The summed E-state index contributed by atoms with van der Waals surface area (Å²) in [5, 5.41) is 9.46. The van der Waals surface area contributed by atoms with Gasteiger partial charge in [-0.25, -0.2) is 14.8 Å². The topological polar surface area (TPSA) is 146 Å². The molecule has 3 heterocycles. The number of amides is 2. The van der Waals surface area contributed by atoms with E-state index < -0.39 is 15.3 Å². The SMILES string of the molecule is CCNC(=O)Nc1ccc(-c2nc(N3CCOC[C@@H]3C)cc(C3(S(O)(O)c4c(C)noc4C)CC3)n2)cc1. The zero-order valence-corrected chi connectivity index (χ0v) is 22.8. The molecule has 2 fully saturated rings. The fourth-order valence-corrected chi connectivity index (χ4v) is 7.27. The average Bonchev–Trinajstić information content (AvgIpc) is 3.64. The number of hydrogen-bond donors (Lipinski definition) is 4. The number of ether oxygens (including phenoxy) is 1. The Morgan fingerprint density at radius 1 is 1.21 bits per heavy atom. The van der Waals surface area contributed by atoms with E-state index in [0.717, 1.165) is 5.56 Å². The van der Waals surface area contributed by atoms with E-state index in [-0.39, 0.29) is 12.1 Å². The van der Waals surface area contributed by atoms with Crippen molar-refractivity contribution in [2.24, 2.45) is 0 Å². The van der Waals surface area contributed by atoms with Crippen LogP contribution in [0.15, 0.2) is 39.8 Å². The summed E-state index contributed by atoms with van der Waals surface area (Å²) in [6.45, 7) is 9.70. The number of urea groups is 1. The minimum atomic E-state index is -3.33. The number of nitrogens with zero attached hydrogens (tertiary/aromatic N) is 4. The molecule has 2 aliphatic rings. The predicted octanol–water partition coefficient (Wildman–Crippen LogP) is 4.91. The van der Waals surface area contributed by atoms with Crippen molar-refractivity contribution in [1.29, 1.82) is 0 Å². The van der Waals surface area contributed by atoms with E-state index in [2.05, 4.69) is 27.6 Å². The van der Waals surface area contributed by atoms with Crippen molar-refractivity contribution in [3.05, 3.63) is 47.5 Å². The number of anilines is 2. The number of aromatic nitrogens is 3. The minimum absolute atomic E-state index is 0.0982. The molecule has 1 saturated heterocycles. The second-order valence-electron chi connectivity index (χ2n) is 9.81. The van der Waals surface area contributed by atoms with Crippen LogP contribution < -0.4 is 15.5 Å². The number of carbonyl (C=O) groups is 1. The summed E-state index contributed by atoms with van der Waals surface area (Å²) in [4.78, 5) is 24.2. The highest BCUT2D eigenvalue weighted by molar-refractivity contribution is 8.25. The van der Waals surface area contributed by atoms with Crippen LogP contribution in [0, 0.1) is 13.8 Å². The standard InChI is InChI=1S/C26H34N6O5S/c1-5-27-25(33)28-20-8-6-19(7-9-20)24-29-21(14-22(30-24)32-12-13-36-15-16(32)2)26(10-11-26)38(34,35)23-17(3)31-37-18(23)4/h6-9,14,16,34-35H,5,10-13,15H2,1-4H3,(H2,27,28,33)/t16-/m0/s1. The maximum absolute atomic E-state index is 11.9. The molecule has 38 heavy (non-hydrogen) atoms. The molecule has 1 aliphatic heterocycles. The Morgan fingerprint density at radius 2 is 1.95 bits per heavy atom. The van der Waals surface area contributed by atoms with Gasteiger partial charge in [-0.05, 0) is 64.8 Å².